The standard InChI is InChI=1S/C14H24N4.ClH/c1-2-4-12(14-16-6-7-17-14)13(5-3-1)18-10-8-15-9-11-18;/h6-7,12-13,15H,1-5,8-11H2,(H,16,17);1H. The lowest BCUT2D eigenvalue weighted by molar-refractivity contribution is 0.140. The van der Waals surface area contributed by atoms with Gasteiger partial charge >= 0.3 is 0 Å². The van der Waals surface area contributed by atoms with Crippen molar-refractivity contribution in [3.05, 3.63) is 18.2 Å². The Morgan fingerprint density at radius 1 is 1.11 bits per heavy atom. The maximum Gasteiger partial charge on any atom is 0.110 e. The highest BCUT2D eigenvalue weighted by atomic mass is 35.5. The van der Waals surface area contributed by atoms with Crippen LogP contribution in [0.25, 0.3) is 0 Å². The van der Waals surface area contributed by atoms with E-state index in [9.17, 15) is 0 Å². The molecule has 0 radical (unpaired) electrons. The van der Waals surface area contributed by atoms with Gasteiger partial charge in [-0.05, 0) is 12.8 Å². The summed E-state index contributed by atoms with van der Waals surface area (Å²) in [5.41, 5.74) is 0. The molecule has 1 saturated heterocycles. The molecule has 19 heavy (non-hydrogen) atoms. The summed E-state index contributed by atoms with van der Waals surface area (Å²) in [6.07, 6.45) is 10.6. The number of hydrogen-bond donors (Lipinski definition) is 2. The minimum Gasteiger partial charge on any atom is -0.348 e. The van der Waals surface area contributed by atoms with Gasteiger partial charge in [-0.25, -0.2) is 4.98 Å². The SMILES string of the molecule is Cl.c1c[nH]c(C2CCCCCC2N2CCNCC2)n1. The van der Waals surface area contributed by atoms with Crippen molar-refractivity contribution in [1.29, 1.82) is 0 Å². The second-order valence-corrected chi connectivity index (χ2v) is 5.57. The van der Waals surface area contributed by atoms with E-state index in [0.717, 1.165) is 13.1 Å². The Hall–Kier alpha value is -0.580. The van der Waals surface area contributed by atoms with Gasteiger partial charge in [-0.15, -0.1) is 12.4 Å². The molecule has 2 unspecified atom stereocenters. The van der Waals surface area contributed by atoms with Crippen molar-refractivity contribution in [3.63, 3.8) is 0 Å². The summed E-state index contributed by atoms with van der Waals surface area (Å²) in [6, 6.07) is 0.695. The average Bonchev–Trinajstić information content (AvgIpc) is 2.84. The predicted octanol–water partition coefficient (Wildman–Crippen LogP) is 2.15. The molecule has 2 atom stereocenters. The van der Waals surface area contributed by atoms with Crippen molar-refractivity contribution >= 4 is 12.4 Å². The van der Waals surface area contributed by atoms with Gasteiger partial charge in [0, 0.05) is 50.5 Å². The van der Waals surface area contributed by atoms with E-state index in [1.54, 1.807) is 0 Å². The number of imidazole rings is 1. The molecular formula is C14H25ClN4. The molecule has 2 N–H and O–H groups in total. The zero-order valence-corrected chi connectivity index (χ0v) is 12.3. The quantitative estimate of drug-likeness (QED) is 0.818. The van der Waals surface area contributed by atoms with Crippen LogP contribution in [-0.2, 0) is 0 Å². The molecule has 3 rings (SSSR count). The molecule has 1 aliphatic heterocycles. The van der Waals surface area contributed by atoms with Crippen LogP contribution in [0.15, 0.2) is 12.4 Å². The summed E-state index contributed by atoms with van der Waals surface area (Å²) in [5.74, 6) is 1.82. The zero-order valence-electron chi connectivity index (χ0n) is 11.5. The van der Waals surface area contributed by atoms with E-state index in [2.05, 4.69) is 20.2 Å². The Labute approximate surface area is 121 Å². The van der Waals surface area contributed by atoms with Crippen molar-refractivity contribution in [2.45, 2.75) is 44.1 Å². The first kappa shape index (κ1) is 14.8. The van der Waals surface area contributed by atoms with Crippen LogP contribution in [0, 0.1) is 0 Å². The normalized spacial score (nSPS) is 29.5. The number of halogens is 1. The molecule has 2 aliphatic rings. The summed E-state index contributed by atoms with van der Waals surface area (Å²) >= 11 is 0. The summed E-state index contributed by atoms with van der Waals surface area (Å²) in [7, 11) is 0. The third kappa shape index (κ3) is 3.50. The number of hydrogen-bond acceptors (Lipinski definition) is 3. The summed E-state index contributed by atoms with van der Waals surface area (Å²) in [4.78, 5) is 10.6. The molecule has 0 aromatic carbocycles. The molecule has 1 aromatic heterocycles. The van der Waals surface area contributed by atoms with Gasteiger partial charge in [0.25, 0.3) is 0 Å². The summed E-state index contributed by atoms with van der Waals surface area (Å²) in [6.45, 7) is 4.67. The molecule has 4 nitrogen and oxygen atoms in total. The van der Waals surface area contributed by atoms with Crippen molar-refractivity contribution in [2.75, 3.05) is 26.2 Å². The van der Waals surface area contributed by atoms with Gasteiger partial charge in [0.1, 0.15) is 5.82 Å². The minimum atomic E-state index is 0. The first-order valence-corrected chi connectivity index (χ1v) is 7.39. The maximum atomic E-state index is 4.53. The highest BCUT2D eigenvalue weighted by Crippen LogP contribution is 2.33. The predicted molar refractivity (Wildman–Crippen MR) is 79.9 cm³/mol. The van der Waals surface area contributed by atoms with Gasteiger partial charge in [0.15, 0.2) is 0 Å². The van der Waals surface area contributed by atoms with Gasteiger partial charge < -0.3 is 10.3 Å². The van der Waals surface area contributed by atoms with E-state index in [4.69, 9.17) is 0 Å². The monoisotopic (exact) mass is 284 g/mol. The molecule has 0 spiro atoms. The molecule has 2 fully saturated rings. The van der Waals surface area contributed by atoms with Gasteiger partial charge in [0.05, 0.1) is 0 Å². The van der Waals surface area contributed by atoms with Gasteiger partial charge in [-0.3, -0.25) is 4.90 Å². The van der Waals surface area contributed by atoms with E-state index < -0.39 is 0 Å². The minimum absolute atomic E-state index is 0. The van der Waals surface area contributed by atoms with E-state index in [1.807, 2.05) is 12.4 Å². The van der Waals surface area contributed by atoms with Crippen LogP contribution in [0.3, 0.4) is 0 Å². The van der Waals surface area contributed by atoms with Crippen LogP contribution in [0.4, 0.5) is 0 Å². The highest BCUT2D eigenvalue weighted by molar-refractivity contribution is 5.85. The molecule has 1 aromatic rings. The fourth-order valence-electron chi connectivity index (χ4n) is 3.54. The van der Waals surface area contributed by atoms with E-state index >= 15 is 0 Å². The lowest BCUT2D eigenvalue weighted by Crippen LogP contribution is -2.50. The Kier molecular flexibility index (Phi) is 5.67. The van der Waals surface area contributed by atoms with Crippen LogP contribution in [0.5, 0.6) is 0 Å². The summed E-state index contributed by atoms with van der Waals surface area (Å²) < 4.78 is 0. The Balaban J connectivity index is 0.00000133. The van der Waals surface area contributed by atoms with Crippen molar-refractivity contribution in [1.82, 2.24) is 20.2 Å². The van der Waals surface area contributed by atoms with Crippen molar-refractivity contribution in [3.8, 4) is 0 Å². The van der Waals surface area contributed by atoms with Crippen LogP contribution in [-0.4, -0.2) is 47.1 Å². The molecule has 1 saturated carbocycles. The third-order valence-corrected chi connectivity index (χ3v) is 4.47. The molecule has 108 valence electrons. The topological polar surface area (TPSA) is 44.0 Å². The number of aromatic nitrogens is 2. The largest absolute Gasteiger partial charge is 0.348 e. The smallest absolute Gasteiger partial charge is 0.110 e. The Morgan fingerprint density at radius 2 is 1.89 bits per heavy atom. The highest BCUT2D eigenvalue weighted by Gasteiger charge is 2.31. The zero-order chi connectivity index (χ0) is 12.2. The molecule has 5 heteroatoms. The van der Waals surface area contributed by atoms with Gasteiger partial charge in [-0.1, -0.05) is 19.3 Å². The van der Waals surface area contributed by atoms with Crippen molar-refractivity contribution in [2.24, 2.45) is 0 Å². The maximum absolute atomic E-state index is 4.53. The lowest BCUT2D eigenvalue weighted by Gasteiger charge is -2.38. The number of H-pyrrole nitrogens is 1. The number of nitrogens with one attached hydrogen (secondary N) is 2. The fourth-order valence-corrected chi connectivity index (χ4v) is 3.54. The fraction of sp³-hybridized carbons (Fsp3) is 0.786. The lowest BCUT2D eigenvalue weighted by atomic mass is 9.92. The number of aromatic amines is 1. The number of rotatable bonds is 2. The molecular weight excluding hydrogens is 260 g/mol. The summed E-state index contributed by atoms with van der Waals surface area (Å²) in [5, 5.41) is 3.45. The Morgan fingerprint density at radius 3 is 2.63 bits per heavy atom. The second-order valence-electron chi connectivity index (χ2n) is 5.57. The number of nitrogens with zero attached hydrogens (tertiary/aromatic N) is 2. The third-order valence-electron chi connectivity index (χ3n) is 4.47. The average molecular weight is 285 g/mol. The van der Waals surface area contributed by atoms with Gasteiger partial charge in [0.2, 0.25) is 0 Å². The van der Waals surface area contributed by atoms with Crippen molar-refractivity contribution < 1.29 is 0 Å². The second kappa shape index (κ2) is 7.27. The first-order chi connectivity index (χ1) is 8.95. The van der Waals surface area contributed by atoms with E-state index in [0.29, 0.717) is 12.0 Å². The Bertz CT molecular complexity index is 348. The van der Waals surface area contributed by atoms with Crippen LogP contribution in [0.1, 0.15) is 43.8 Å². The molecule has 0 bridgehead atoms. The van der Waals surface area contributed by atoms with Gasteiger partial charge in [-0.2, -0.15) is 0 Å². The molecule has 1 aliphatic carbocycles. The van der Waals surface area contributed by atoms with E-state index in [1.165, 1.54) is 51.0 Å². The number of piperazine rings is 1. The van der Waals surface area contributed by atoms with Crippen LogP contribution in [0.2, 0.25) is 0 Å². The molecule has 0 amide bonds. The van der Waals surface area contributed by atoms with Crippen LogP contribution >= 0.6 is 12.4 Å². The van der Waals surface area contributed by atoms with Crippen LogP contribution < -0.4 is 5.32 Å². The molecule has 2 heterocycles. The van der Waals surface area contributed by atoms with E-state index in [-0.39, 0.29) is 12.4 Å². The first-order valence-electron chi connectivity index (χ1n) is 7.39.